The van der Waals surface area contributed by atoms with E-state index >= 15 is 0 Å². The van der Waals surface area contributed by atoms with Crippen LogP contribution < -0.4 is 11.1 Å². The third-order valence-electron chi connectivity index (χ3n) is 4.87. The Labute approximate surface area is 125 Å². The number of halogens is 1. The zero-order valence-electron chi connectivity index (χ0n) is 12.4. The van der Waals surface area contributed by atoms with Crippen LogP contribution in [0, 0.1) is 19.3 Å². The summed E-state index contributed by atoms with van der Waals surface area (Å²) in [6.45, 7) is 9.62. The quantitative estimate of drug-likeness (QED) is 0.865. The summed E-state index contributed by atoms with van der Waals surface area (Å²) >= 11 is 3.63. The topological polar surface area (TPSA) is 38.0 Å². The summed E-state index contributed by atoms with van der Waals surface area (Å²) in [5.41, 5.74) is 10.1. The summed E-state index contributed by atoms with van der Waals surface area (Å²) < 4.78 is 1.20. The second-order valence-corrected chi connectivity index (χ2v) is 7.37. The van der Waals surface area contributed by atoms with Crippen LogP contribution in [0.1, 0.15) is 44.2 Å². The van der Waals surface area contributed by atoms with Crippen LogP contribution in [0.25, 0.3) is 0 Å². The van der Waals surface area contributed by atoms with Gasteiger partial charge in [0.1, 0.15) is 0 Å². The maximum Gasteiger partial charge on any atom is 0.0546 e. The number of rotatable bonds is 3. The highest BCUT2D eigenvalue weighted by molar-refractivity contribution is 9.10. The van der Waals surface area contributed by atoms with Gasteiger partial charge in [-0.3, -0.25) is 0 Å². The highest BCUT2D eigenvalue weighted by Crippen LogP contribution is 2.47. The van der Waals surface area contributed by atoms with E-state index in [4.69, 9.17) is 5.73 Å². The zero-order chi connectivity index (χ0) is 14.3. The summed E-state index contributed by atoms with van der Waals surface area (Å²) in [6.07, 6.45) is 3.65. The first-order valence-corrected chi connectivity index (χ1v) is 7.86. The molecule has 106 valence electrons. The third-order valence-corrected chi connectivity index (χ3v) is 6.12. The lowest BCUT2D eigenvalue weighted by Crippen LogP contribution is -2.53. The van der Waals surface area contributed by atoms with E-state index in [1.54, 1.807) is 0 Å². The molecular weight excluding hydrogens is 300 g/mol. The van der Waals surface area contributed by atoms with Crippen molar-refractivity contribution < 1.29 is 0 Å². The first-order valence-electron chi connectivity index (χ1n) is 7.06. The van der Waals surface area contributed by atoms with Gasteiger partial charge in [-0.1, -0.05) is 36.2 Å². The Morgan fingerprint density at radius 1 is 1.21 bits per heavy atom. The minimum atomic E-state index is 0.0275. The van der Waals surface area contributed by atoms with Crippen molar-refractivity contribution in [3.63, 3.8) is 0 Å². The maximum absolute atomic E-state index is 6.13. The van der Waals surface area contributed by atoms with Crippen molar-refractivity contribution in [3.05, 3.63) is 27.7 Å². The van der Waals surface area contributed by atoms with E-state index in [1.165, 1.54) is 34.1 Å². The fourth-order valence-electron chi connectivity index (χ4n) is 3.37. The molecule has 1 aliphatic rings. The molecule has 0 spiro atoms. The van der Waals surface area contributed by atoms with Gasteiger partial charge in [0.25, 0.3) is 0 Å². The lowest BCUT2D eigenvalue weighted by Gasteiger charge is -2.42. The van der Waals surface area contributed by atoms with Gasteiger partial charge in [0.05, 0.1) is 5.54 Å². The van der Waals surface area contributed by atoms with Gasteiger partial charge in [-0.05, 0) is 55.4 Å². The Balaban J connectivity index is 2.34. The second-order valence-electron chi connectivity index (χ2n) is 6.57. The van der Waals surface area contributed by atoms with E-state index in [0.717, 1.165) is 6.42 Å². The average molecular weight is 325 g/mol. The fraction of sp³-hybridized carbons (Fsp3) is 0.625. The molecule has 2 nitrogen and oxygen atoms in total. The van der Waals surface area contributed by atoms with Crippen molar-refractivity contribution in [1.29, 1.82) is 0 Å². The van der Waals surface area contributed by atoms with Crippen LogP contribution in [0.2, 0.25) is 0 Å². The summed E-state index contributed by atoms with van der Waals surface area (Å²) in [5, 5.41) is 3.76. The molecule has 19 heavy (non-hydrogen) atoms. The van der Waals surface area contributed by atoms with Gasteiger partial charge in [0.15, 0.2) is 0 Å². The summed E-state index contributed by atoms with van der Waals surface area (Å²) in [6, 6.07) is 4.42. The molecule has 1 aliphatic carbocycles. The van der Waals surface area contributed by atoms with Gasteiger partial charge in [0.2, 0.25) is 0 Å². The first kappa shape index (κ1) is 14.9. The molecule has 0 radical (unpaired) electrons. The predicted molar refractivity (Wildman–Crippen MR) is 86.7 cm³/mol. The molecule has 1 aromatic carbocycles. The van der Waals surface area contributed by atoms with Crippen molar-refractivity contribution in [2.24, 2.45) is 11.1 Å². The van der Waals surface area contributed by atoms with Gasteiger partial charge in [-0.25, -0.2) is 0 Å². The second kappa shape index (κ2) is 5.10. The van der Waals surface area contributed by atoms with Crippen LogP contribution in [0.5, 0.6) is 0 Å². The first-order chi connectivity index (χ1) is 8.81. The molecule has 0 aliphatic heterocycles. The van der Waals surface area contributed by atoms with Crippen molar-refractivity contribution >= 4 is 21.6 Å². The molecule has 1 aromatic rings. The van der Waals surface area contributed by atoms with E-state index in [2.05, 4.69) is 61.1 Å². The number of benzene rings is 1. The molecule has 1 fully saturated rings. The van der Waals surface area contributed by atoms with E-state index in [9.17, 15) is 0 Å². The Morgan fingerprint density at radius 2 is 1.79 bits per heavy atom. The van der Waals surface area contributed by atoms with E-state index in [-0.39, 0.29) is 11.0 Å². The molecule has 1 unspecified atom stereocenters. The Bertz CT molecular complexity index is 459. The van der Waals surface area contributed by atoms with Gasteiger partial charge in [0, 0.05) is 16.7 Å². The highest BCUT2D eigenvalue weighted by Gasteiger charge is 2.47. The lowest BCUT2D eigenvalue weighted by molar-refractivity contribution is 0.239. The van der Waals surface area contributed by atoms with Gasteiger partial charge >= 0.3 is 0 Å². The van der Waals surface area contributed by atoms with Gasteiger partial charge in [-0.2, -0.15) is 0 Å². The third kappa shape index (κ3) is 2.55. The van der Waals surface area contributed by atoms with Crippen LogP contribution in [0.3, 0.4) is 0 Å². The zero-order valence-corrected chi connectivity index (χ0v) is 14.0. The fourth-order valence-corrected chi connectivity index (χ4v) is 3.59. The van der Waals surface area contributed by atoms with E-state index in [0.29, 0.717) is 6.54 Å². The minimum absolute atomic E-state index is 0.0275. The molecule has 0 saturated heterocycles. The molecular formula is C16H25BrN2. The Kier molecular flexibility index (Phi) is 3.99. The normalized spacial score (nSPS) is 25.6. The van der Waals surface area contributed by atoms with Crippen molar-refractivity contribution in [2.45, 2.75) is 52.5 Å². The molecule has 2 rings (SSSR count). The standard InChI is InChI=1S/C16H25BrN2/c1-11-8-13(9-12(2)14(11)17)19-16(10-18)7-5-6-15(16,3)4/h8-9,19H,5-7,10,18H2,1-4H3. The van der Waals surface area contributed by atoms with Crippen LogP contribution in [-0.4, -0.2) is 12.1 Å². The monoisotopic (exact) mass is 324 g/mol. The number of hydrogen-bond acceptors (Lipinski definition) is 2. The van der Waals surface area contributed by atoms with Crippen LogP contribution in [0.15, 0.2) is 16.6 Å². The molecule has 3 N–H and O–H groups in total. The molecule has 3 heteroatoms. The number of hydrogen-bond donors (Lipinski definition) is 2. The Hall–Kier alpha value is -0.540. The number of nitrogens with two attached hydrogens (primary N) is 1. The van der Waals surface area contributed by atoms with Crippen molar-refractivity contribution in [3.8, 4) is 0 Å². The summed E-state index contributed by atoms with van der Waals surface area (Å²) in [7, 11) is 0. The van der Waals surface area contributed by atoms with Crippen LogP contribution in [0.4, 0.5) is 5.69 Å². The lowest BCUT2D eigenvalue weighted by atomic mass is 9.74. The number of aryl methyl sites for hydroxylation is 2. The van der Waals surface area contributed by atoms with E-state index < -0.39 is 0 Å². The predicted octanol–water partition coefficient (Wildman–Crippen LogP) is 4.39. The molecule has 0 aromatic heterocycles. The van der Waals surface area contributed by atoms with Crippen LogP contribution >= 0.6 is 15.9 Å². The largest absolute Gasteiger partial charge is 0.378 e. The summed E-state index contributed by atoms with van der Waals surface area (Å²) in [5.74, 6) is 0. The molecule has 0 heterocycles. The molecule has 0 bridgehead atoms. The van der Waals surface area contributed by atoms with Crippen LogP contribution in [-0.2, 0) is 0 Å². The number of nitrogens with one attached hydrogen (secondary N) is 1. The molecule has 1 saturated carbocycles. The minimum Gasteiger partial charge on any atom is -0.378 e. The van der Waals surface area contributed by atoms with Gasteiger partial charge < -0.3 is 11.1 Å². The SMILES string of the molecule is Cc1cc(NC2(CN)CCCC2(C)C)cc(C)c1Br. The summed E-state index contributed by atoms with van der Waals surface area (Å²) in [4.78, 5) is 0. The smallest absolute Gasteiger partial charge is 0.0546 e. The molecule has 1 atom stereocenters. The maximum atomic E-state index is 6.13. The van der Waals surface area contributed by atoms with E-state index in [1.807, 2.05) is 0 Å². The average Bonchev–Trinajstić information content (AvgIpc) is 2.62. The van der Waals surface area contributed by atoms with Crippen molar-refractivity contribution in [2.75, 3.05) is 11.9 Å². The van der Waals surface area contributed by atoms with Crippen molar-refractivity contribution in [1.82, 2.24) is 0 Å². The Morgan fingerprint density at radius 3 is 2.21 bits per heavy atom. The van der Waals surface area contributed by atoms with Gasteiger partial charge in [-0.15, -0.1) is 0 Å². The highest BCUT2D eigenvalue weighted by atomic mass is 79.9. The molecule has 0 amide bonds. The number of anilines is 1.